The molecule has 0 aliphatic carbocycles. The fourth-order valence-corrected chi connectivity index (χ4v) is 4.51. The van der Waals surface area contributed by atoms with Crippen molar-refractivity contribution in [2.75, 3.05) is 21.3 Å². The number of aromatic amines is 1. The van der Waals surface area contributed by atoms with E-state index in [0.29, 0.717) is 33.8 Å². The molecule has 4 aromatic carbocycles. The van der Waals surface area contributed by atoms with Gasteiger partial charge in [0.15, 0.2) is 11.5 Å². The van der Waals surface area contributed by atoms with Gasteiger partial charge >= 0.3 is 5.97 Å². The molecule has 5 rings (SSSR count). The Bertz CT molecular complexity index is 1770. The molecule has 1 heterocycles. The topological polar surface area (TPSA) is 111 Å². The molecule has 0 spiro atoms. The van der Waals surface area contributed by atoms with E-state index in [9.17, 15) is 14.0 Å². The molecule has 42 heavy (non-hydrogen) atoms. The predicted molar refractivity (Wildman–Crippen MR) is 156 cm³/mol. The molecule has 0 atom stereocenters. The summed E-state index contributed by atoms with van der Waals surface area (Å²) in [6.45, 7) is 0. The second-order valence-corrected chi connectivity index (χ2v) is 8.94. The van der Waals surface area contributed by atoms with E-state index < -0.39 is 17.7 Å². The number of benzene rings is 4. The second kappa shape index (κ2) is 12.3. The van der Waals surface area contributed by atoms with E-state index in [1.807, 2.05) is 30.3 Å². The van der Waals surface area contributed by atoms with Gasteiger partial charge in [0.05, 0.1) is 38.6 Å². The van der Waals surface area contributed by atoms with Crippen LogP contribution >= 0.6 is 0 Å². The quantitative estimate of drug-likeness (QED) is 0.0981. The lowest BCUT2D eigenvalue weighted by Crippen LogP contribution is -2.19. The Labute approximate surface area is 240 Å². The molecule has 0 unspecified atom stereocenters. The third kappa shape index (κ3) is 5.50. The number of amides is 1. The summed E-state index contributed by atoms with van der Waals surface area (Å²) in [5.41, 5.74) is 4.74. The summed E-state index contributed by atoms with van der Waals surface area (Å²) in [7, 11) is 4.36. The van der Waals surface area contributed by atoms with E-state index in [2.05, 4.69) is 15.5 Å². The van der Waals surface area contributed by atoms with Crippen molar-refractivity contribution in [1.29, 1.82) is 0 Å². The maximum Gasteiger partial charge on any atom is 0.343 e. The number of rotatable bonds is 9. The molecule has 10 heteroatoms. The highest BCUT2D eigenvalue weighted by molar-refractivity contribution is 6.10. The SMILES string of the molecule is COc1cc(C(=O)Oc2ccccc2C=NNC(=O)c2[nH]c3c(F)cccc3c2-c2ccccc2)cc(OC)c1OC. The maximum absolute atomic E-state index is 14.6. The summed E-state index contributed by atoms with van der Waals surface area (Å²) < 4.78 is 36.2. The molecule has 0 saturated carbocycles. The zero-order valence-electron chi connectivity index (χ0n) is 22.9. The summed E-state index contributed by atoms with van der Waals surface area (Å²) in [4.78, 5) is 29.2. The molecule has 212 valence electrons. The van der Waals surface area contributed by atoms with Crippen LogP contribution in [0.2, 0.25) is 0 Å². The van der Waals surface area contributed by atoms with Crippen LogP contribution in [-0.4, -0.2) is 44.4 Å². The number of para-hydroxylation sites is 2. The molecule has 0 aliphatic heterocycles. The molecule has 0 aliphatic rings. The molecular weight excluding hydrogens is 541 g/mol. The van der Waals surface area contributed by atoms with Crippen LogP contribution in [0.5, 0.6) is 23.0 Å². The predicted octanol–water partition coefficient (Wildman–Crippen LogP) is 5.98. The second-order valence-electron chi connectivity index (χ2n) is 8.94. The first-order chi connectivity index (χ1) is 20.4. The number of carbonyl (C=O) groups is 2. The fraction of sp³-hybridized carbons (Fsp3) is 0.0938. The van der Waals surface area contributed by atoms with Crippen molar-refractivity contribution in [1.82, 2.24) is 10.4 Å². The largest absolute Gasteiger partial charge is 0.493 e. The summed E-state index contributed by atoms with van der Waals surface area (Å²) in [5.74, 6) is -0.588. The minimum Gasteiger partial charge on any atom is -0.493 e. The number of esters is 1. The Morgan fingerprint density at radius 2 is 1.52 bits per heavy atom. The normalized spacial score (nSPS) is 11.0. The van der Waals surface area contributed by atoms with Crippen molar-refractivity contribution >= 4 is 29.0 Å². The van der Waals surface area contributed by atoms with Crippen molar-refractivity contribution < 1.29 is 32.9 Å². The Hall–Kier alpha value is -5.64. The van der Waals surface area contributed by atoms with Crippen molar-refractivity contribution in [3.05, 3.63) is 108 Å². The van der Waals surface area contributed by atoms with Gasteiger partial charge in [0.2, 0.25) is 5.75 Å². The lowest BCUT2D eigenvalue weighted by atomic mass is 10.0. The molecular formula is C32H26FN3O6. The first-order valence-electron chi connectivity index (χ1n) is 12.7. The van der Waals surface area contributed by atoms with Gasteiger partial charge in [-0.25, -0.2) is 14.6 Å². The van der Waals surface area contributed by atoms with Crippen LogP contribution in [0.3, 0.4) is 0 Å². The summed E-state index contributed by atoms with van der Waals surface area (Å²) in [6, 6.07) is 23.5. The third-order valence-electron chi connectivity index (χ3n) is 6.46. The minimum absolute atomic E-state index is 0.153. The molecule has 0 bridgehead atoms. The molecule has 2 N–H and O–H groups in total. The molecule has 0 saturated heterocycles. The number of carbonyl (C=O) groups excluding carboxylic acids is 2. The number of H-pyrrole nitrogens is 1. The van der Waals surface area contributed by atoms with E-state index in [1.165, 1.54) is 45.7 Å². The number of halogens is 1. The number of nitrogens with zero attached hydrogens (tertiary/aromatic N) is 1. The molecule has 1 aromatic heterocycles. The maximum atomic E-state index is 14.6. The van der Waals surface area contributed by atoms with Gasteiger partial charge in [0.25, 0.3) is 5.91 Å². The third-order valence-corrected chi connectivity index (χ3v) is 6.46. The van der Waals surface area contributed by atoms with Gasteiger partial charge in [-0.3, -0.25) is 4.79 Å². The number of ether oxygens (including phenoxy) is 4. The highest BCUT2D eigenvalue weighted by atomic mass is 19.1. The number of fused-ring (bicyclic) bond motifs is 1. The van der Waals surface area contributed by atoms with Gasteiger partial charge in [-0.2, -0.15) is 5.10 Å². The van der Waals surface area contributed by atoms with Crippen molar-refractivity contribution in [2.45, 2.75) is 0 Å². The minimum atomic E-state index is -0.674. The van der Waals surface area contributed by atoms with Crippen LogP contribution in [0.1, 0.15) is 26.4 Å². The summed E-state index contributed by atoms with van der Waals surface area (Å²) in [6.07, 6.45) is 1.35. The van der Waals surface area contributed by atoms with Crippen LogP contribution < -0.4 is 24.4 Å². The van der Waals surface area contributed by atoms with Gasteiger partial charge < -0.3 is 23.9 Å². The molecule has 9 nitrogen and oxygen atoms in total. The number of hydrogen-bond donors (Lipinski definition) is 2. The van der Waals surface area contributed by atoms with Crippen LogP contribution in [0.15, 0.2) is 90.0 Å². The Morgan fingerprint density at radius 3 is 2.21 bits per heavy atom. The lowest BCUT2D eigenvalue weighted by molar-refractivity contribution is 0.0733. The van der Waals surface area contributed by atoms with Crippen molar-refractivity contribution in [2.24, 2.45) is 5.10 Å². The fourth-order valence-electron chi connectivity index (χ4n) is 4.51. The van der Waals surface area contributed by atoms with Gasteiger partial charge in [0.1, 0.15) is 17.3 Å². The average Bonchev–Trinajstić information content (AvgIpc) is 3.42. The molecule has 1 amide bonds. The molecule has 5 aromatic rings. The Morgan fingerprint density at radius 1 is 0.833 bits per heavy atom. The Kier molecular flexibility index (Phi) is 8.14. The lowest BCUT2D eigenvalue weighted by Gasteiger charge is -2.14. The molecule has 0 radical (unpaired) electrons. The van der Waals surface area contributed by atoms with Crippen LogP contribution in [0, 0.1) is 5.82 Å². The monoisotopic (exact) mass is 567 g/mol. The number of hydrazone groups is 1. The van der Waals surface area contributed by atoms with Gasteiger partial charge in [-0.15, -0.1) is 0 Å². The highest BCUT2D eigenvalue weighted by Gasteiger charge is 2.21. The smallest absolute Gasteiger partial charge is 0.343 e. The number of nitrogens with one attached hydrogen (secondary N) is 2. The standard InChI is InChI=1S/C32H26FN3O6/c1-39-25-16-21(17-26(40-2)30(25)41-3)32(38)42-24-15-8-7-12-20(24)18-34-36-31(37)29-27(19-10-5-4-6-11-19)22-13-9-14-23(33)28(22)35-29/h4-18,35H,1-3H3,(H,36,37). The number of methoxy groups -OCH3 is 3. The van der Waals surface area contributed by atoms with E-state index in [1.54, 1.807) is 36.4 Å². The molecule has 0 fully saturated rings. The van der Waals surface area contributed by atoms with Gasteiger partial charge in [-0.05, 0) is 35.9 Å². The highest BCUT2D eigenvalue weighted by Crippen LogP contribution is 2.38. The zero-order valence-corrected chi connectivity index (χ0v) is 22.9. The Balaban J connectivity index is 1.39. The van der Waals surface area contributed by atoms with Crippen LogP contribution in [0.4, 0.5) is 4.39 Å². The summed E-state index contributed by atoms with van der Waals surface area (Å²) in [5, 5.41) is 4.65. The van der Waals surface area contributed by atoms with Crippen molar-refractivity contribution in [3.8, 4) is 34.1 Å². The van der Waals surface area contributed by atoms with E-state index in [4.69, 9.17) is 18.9 Å². The van der Waals surface area contributed by atoms with E-state index in [-0.39, 0.29) is 22.5 Å². The van der Waals surface area contributed by atoms with Gasteiger partial charge in [0, 0.05) is 16.5 Å². The first kappa shape index (κ1) is 27.9. The van der Waals surface area contributed by atoms with Crippen molar-refractivity contribution in [3.63, 3.8) is 0 Å². The first-order valence-corrected chi connectivity index (χ1v) is 12.7. The number of aromatic nitrogens is 1. The number of hydrogen-bond acceptors (Lipinski definition) is 7. The van der Waals surface area contributed by atoms with E-state index in [0.717, 1.165) is 5.56 Å². The van der Waals surface area contributed by atoms with Crippen LogP contribution in [0.25, 0.3) is 22.0 Å². The summed E-state index contributed by atoms with van der Waals surface area (Å²) >= 11 is 0. The van der Waals surface area contributed by atoms with Crippen LogP contribution in [-0.2, 0) is 0 Å². The zero-order chi connectivity index (χ0) is 29.6. The van der Waals surface area contributed by atoms with E-state index >= 15 is 0 Å². The average molecular weight is 568 g/mol. The van der Waals surface area contributed by atoms with Gasteiger partial charge in [-0.1, -0.05) is 54.6 Å².